The van der Waals surface area contributed by atoms with Gasteiger partial charge in [0, 0.05) is 17.3 Å². The average Bonchev–Trinajstić information content (AvgIpc) is 3.41. The van der Waals surface area contributed by atoms with Crippen molar-refractivity contribution >= 4 is 11.6 Å². The Hall–Kier alpha value is -4.49. The number of aromatic nitrogens is 6. The quantitative estimate of drug-likeness (QED) is 0.475. The maximum atomic E-state index is 13.8. The van der Waals surface area contributed by atoms with Crippen LogP contribution in [0.15, 0.2) is 51.9 Å². The van der Waals surface area contributed by atoms with Gasteiger partial charge in [-0.25, -0.2) is 9.48 Å². The largest absolute Gasteiger partial charge is 0.480 e. The molecule has 0 aliphatic carbocycles. The number of rotatable bonds is 5. The van der Waals surface area contributed by atoms with E-state index in [1.807, 2.05) is 0 Å². The highest BCUT2D eigenvalue weighted by molar-refractivity contribution is 6.05. The van der Waals surface area contributed by atoms with Crippen LogP contribution in [0, 0.1) is 0 Å². The number of ether oxygens (including phenoxy) is 1. The SMILES string of the molecule is COc1ccc(-n2ncc(C(=O)Nc3cccc(-c4noc(=O)[nH]4)c3)c2C(F)(F)F)nn1. The Kier molecular flexibility index (Phi) is 5.18. The molecule has 3 aromatic heterocycles. The summed E-state index contributed by atoms with van der Waals surface area (Å²) in [5.41, 5.74) is -1.53. The highest BCUT2D eigenvalue weighted by Gasteiger charge is 2.41. The molecule has 3 heterocycles. The van der Waals surface area contributed by atoms with Gasteiger partial charge in [-0.3, -0.25) is 14.3 Å². The van der Waals surface area contributed by atoms with E-state index in [9.17, 15) is 22.8 Å². The van der Waals surface area contributed by atoms with Crippen LogP contribution in [0.25, 0.3) is 17.2 Å². The van der Waals surface area contributed by atoms with Crippen LogP contribution in [0.5, 0.6) is 5.88 Å². The van der Waals surface area contributed by atoms with Gasteiger partial charge in [-0.2, -0.15) is 18.3 Å². The molecular weight excluding hydrogens is 435 g/mol. The van der Waals surface area contributed by atoms with Crippen molar-refractivity contribution in [2.24, 2.45) is 0 Å². The number of nitrogens with one attached hydrogen (secondary N) is 2. The number of methoxy groups -OCH3 is 1. The van der Waals surface area contributed by atoms with Crippen LogP contribution in [-0.2, 0) is 6.18 Å². The first-order valence-corrected chi connectivity index (χ1v) is 8.77. The summed E-state index contributed by atoms with van der Waals surface area (Å²) < 4.78 is 51.1. The second kappa shape index (κ2) is 7.98. The van der Waals surface area contributed by atoms with Crippen LogP contribution in [-0.4, -0.2) is 43.1 Å². The smallest absolute Gasteiger partial charge is 0.439 e. The van der Waals surface area contributed by atoms with Crippen molar-refractivity contribution in [1.29, 1.82) is 0 Å². The topological polar surface area (TPSA) is 141 Å². The van der Waals surface area contributed by atoms with Gasteiger partial charge < -0.3 is 10.1 Å². The van der Waals surface area contributed by atoms with Gasteiger partial charge in [-0.15, -0.1) is 10.2 Å². The molecule has 0 aliphatic rings. The number of hydrogen-bond acceptors (Lipinski definition) is 8. The van der Waals surface area contributed by atoms with Crippen molar-refractivity contribution in [3.05, 3.63) is 64.4 Å². The van der Waals surface area contributed by atoms with Crippen molar-refractivity contribution in [2.45, 2.75) is 6.18 Å². The van der Waals surface area contributed by atoms with E-state index < -0.39 is 29.1 Å². The third-order valence-electron chi connectivity index (χ3n) is 4.17. The molecule has 4 rings (SSSR count). The number of carbonyl (C=O) groups excluding carboxylic acids is 1. The summed E-state index contributed by atoms with van der Waals surface area (Å²) in [4.78, 5) is 26.1. The van der Waals surface area contributed by atoms with Gasteiger partial charge in [0.2, 0.25) is 5.88 Å². The standard InChI is InChI=1S/C18H12F3N7O4/c1-31-13-6-5-12(25-26-13)28-14(18(19,20)21)11(8-22-28)16(29)23-10-4-2-3-9(7-10)15-24-17(30)32-27-15/h2-8H,1H3,(H,23,29)(H,24,27,30). The Morgan fingerprint density at radius 2 is 2.03 bits per heavy atom. The fraction of sp³-hybridized carbons (Fsp3) is 0.111. The molecule has 1 amide bonds. The van der Waals surface area contributed by atoms with E-state index in [-0.39, 0.29) is 23.2 Å². The van der Waals surface area contributed by atoms with Crippen molar-refractivity contribution in [3.8, 4) is 23.1 Å². The van der Waals surface area contributed by atoms with Gasteiger partial charge in [0.1, 0.15) is 0 Å². The Morgan fingerprint density at radius 1 is 1.22 bits per heavy atom. The van der Waals surface area contributed by atoms with E-state index in [0.29, 0.717) is 10.2 Å². The lowest BCUT2D eigenvalue weighted by molar-refractivity contribution is -0.143. The summed E-state index contributed by atoms with van der Waals surface area (Å²) in [6.45, 7) is 0. The second-order valence-corrected chi connectivity index (χ2v) is 6.23. The van der Waals surface area contributed by atoms with Crippen molar-refractivity contribution in [2.75, 3.05) is 12.4 Å². The van der Waals surface area contributed by atoms with Crippen LogP contribution >= 0.6 is 0 Å². The summed E-state index contributed by atoms with van der Waals surface area (Å²) in [7, 11) is 1.33. The zero-order valence-electron chi connectivity index (χ0n) is 16.0. The van der Waals surface area contributed by atoms with Crippen molar-refractivity contribution < 1.29 is 27.2 Å². The molecule has 0 unspecified atom stereocenters. The molecule has 0 saturated carbocycles. The zero-order chi connectivity index (χ0) is 22.9. The third-order valence-corrected chi connectivity index (χ3v) is 4.17. The van der Waals surface area contributed by atoms with Gasteiger partial charge in [-0.1, -0.05) is 17.3 Å². The number of nitrogens with zero attached hydrogens (tertiary/aromatic N) is 5. The lowest BCUT2D eigenvalue weighted by Gasteiger charge is -2.12. The number of alkyl halides is 3. The number of H-pyrrole nitrogens is 1. The van der Waals surface area contributed by atoms with E-state index in [1.165, 1.54) is 37.4 Å². The van der Waals surface area contributed by atoms with E-state index in [2.05, 4.69) is 35.3 Å². The predicted molar refractivity (Wildman–Crippen MR) is 101 cm³/mol. The average molecular weight is 447 g/mol. The summed E-state index contributed by atoms with van der Waals surface area (Å²) in [6, 6.07) is 8.45. The van der Waals surface area contributed by atoms with E-state index >= 15 is 0 Å². The molecular formula is C18H12F3N7O4. The normalized spacial score (nSPS) is 11.4. The first-order chi connectivity index (χ1) is 15.3. The number of benzene rings is 1. The molecule has 2 N–H and O–H groups in total. The van der Waals surface area contributed by atoms with Crippen LogP contribution in [0.1, 0.15) is 16.1 Å². The number of aromatic amines is 1. The Bertz CT molecular complexity index is 1330. The number of hydrogen-bond donors (Lipinski definition) is 2. The molecule has 0 bridgehead atoms. The molecule has 0 spiro atoms. The van der Waals surface area contributed by atoms with Gasteiger partial charge in [0.15, 0.2) is 17.3 Å². The molecule has 0 atom stereocenters. The fourth-order valence-electron chi connectivity index (χ4n) is 2.79. The number of carbonyl (C=O) groups is 1. The first-order valence-electron chi connectivity index (χ1n) is 8.77. The third kappa shape index (κ3) is 4.05. The lowest BCUT2D eigenvalue weighted by atomic mass is 10.1. The molecule has 0 radical (unpaired) electrons. The molecule has 0 fully saturated rings. The van der Waals surface area contributed by atoms with Crippen molar-refractivity contribution in [3.63, 3.8) is 0 Å². The summed E-state index contributed by atoms with van der Waals surface area (Å²) >= 11 is 0. The summed E-state index contributed by atoms with van der Waals surface area (Å²) in [6.07, 6.45) is -4.14. The van der Waals surface area contributed by atoms with Crippen molar-refractivity contribution in [1.82, 2.24) is 30.1 Å². The van der Waals surface area contributed by atoms with Gasteiger partial charge in [0.25, 0.3) is 5.91 Å². The highest BCUT2D eigenvalue weighted by Crippen LogP contribution is 2.34. The first kappa shape index (κ1) is 20.8. The molecule has 32 heavy (non-hydrogen) atoms. The van der Waals surface area contributed by atoms with E-state index in [0.717, 1.165) is 6.20 Å². The predicted octanol–water partition coefficient (Wildman–Crippen LogP) is 2.29. The maximum absolute atomic E-state index is 13.8. The van der Waals surface area contributed by atoms with Crippen LogP contribution < -0.4 is 15.8 Å². The Labute approximate surface area is 175 Å². The molecule has 0 aliphatic heterocycles. The van der Waals surface area contributed by atoms with E-state index in [4.69, 9.17) is 4.74 Å². The lowest BCUT2D eigenvalue weighted by Crippen LogP contribution is -2.21. The highest BCUT2D eigenvalue weighted by atomic mass is 19.4. The van der Waals surface area contributed by atoms with Gasteiger partial charge in [-0.05, 0) is 18.2 Å². The molecule has 164 valence electrons. The molecule has 0 saturated heterocycles. The molecule has 1 aromatic carbocycles. The number of amides is 1. The number of anilines is 1. The monoisotopic (exact) mass is 447 g/mol. The second-order valence-electron chi connectivity index (χ2n) is 6.23. The summed E-state index contributed by atoms with van der Waals surface area (Å²) in [5.74, 6) is -1.91. The van der Waals surface area contributed by atoms with E-state index in [1.54, 1.807) is 6.07 Å². The molecule has 14 heteroatoms. The van der Waals surface area contributed by atoms with Crippen LogP contribution in [0.3, 0.4) is 0 Å². The minimum Gasteiger partial charge on any atom is -0.480 e. The Balaban J connectivity index is 1.67. The van der Waals surface area contributed by atoms with Crippen LogP contribution in [0.4, 0.5) is 18.9 Å². The zero-order valence-corrected chi connectivity index (χ0v) is 16.0. The van der Waals surface area contributed by atoms with Gasteiger partial charge >= 0.3 is 11.9 Å². The molecule has 4 aromatic rings. The summed E-state index contributed by atoms with van der Waals surface area (Å²) in [5, 5.41) is 16.8. The van der Waals surface area contributed by atoms with Gasteiger partial charge in [0.05, 0.1) is 18.9 Å². The minimum atomic E-state index is -4.92. The molecule has 11 nitrogen and oxygen atoms in total. The number of halogens is 3. The fourth-order valence-corrected chi connectivity index (χ4v) is 2.79. The minimum absolute atomic E-state index is 0.0907. The Morgan fingerprint density at radius 3 is 2.66 bits per heavy atom. The van der Waals surface area contributed by atoms with Crippen LogP contribution in [0.2, 0.25) is 0 Å². The maximum Gasteiger partial charge on any atom is 0.439 e.